The van der Waals surface area contributed by atoms with E-state index in [1.165, 1.54) is 25.9 Å². The molecule has 5 heterocycles. The number of nitrogens with zero attached hydrogens (tertiary/aromatic N) is 5. The number of anilines is 1. The number of imidazole rings is 1. The molecule has 3 aromatic rings. The fourth-order valence-corrected chi connectivity index (χ4v) is 4.51. The molecule has 3 aliphatic heterocycles. The molecule has 0 saturated carbocycles. The summed E-state index contributed by atoms with van der Waals surface area (Å²) in [6.45, 7) is 4.63. The first-order valence-corrected chi connectivity index (χ1v) is 8.96. The maximum atomic E-state index is 4.63. The highest BCUT2D eigenvalue weighted by atomic mass is 32.1. The zero-order valence-corrected chi connectivity index (χ0v) is 13.6. The van der Waals surface area contributed by atoms with E-state index >= 15 is 0 Å². The molecule has 1 N–H and O–H groups in total. The molecule has 0 radical (unpaired) electrons. The Hall–Kier alpha value is -1.99. The molecule has 3 aliphatic rings. The molecule has 2 aromatic heterocycles. The minimum Gasteiger partial charge on any atom is -0.342 e. The summed E-state index contributed by atoms with van der Waals surface area (Å²) in [7, 11) is 0. The molecule has 0 atom stereocenters. The summed E-state index contributed by atoms with van der Waals surface area (Å²) in [5.74, 6) is 0.817. The maximum absolute atomic E-state index is 4.63. The van der Waals surface area contributed by atoms with E-state index in [1.54, 1.807) is 11.3 Å². The van der Waals surface area contributed by atoms with Crippen molar-refractivity contribution in [1.82, 2.24) is 25.1 Å². The Morgan fingerprint density at radius 3 is 2.78 bits per heavy atom. The van der Waals surface area contributed by atoms with Crippen LogP contribution in [0, 0.1) is 0 Å². The van der Waals surface area contributed by atoms with Crippen LogP contribution in [0.4, 0.5) is 5.13 Å². The zero-order valence-electron chi connectivity index (χ0n) is 12.8. The molecular formula is C16H18N6S. The topological polar surface area (TPSA) is 60.9 Å². The van der Waals surface area contributed by atoms with Crippen molar-refractivity contribution in [3.05, 3.63) is 24.3 Å². The van der Waals surface area contributed by atoms with E-state index in [4.69, 9.17) is 0 Å². The van der Waals surface area contributed by atoms with E-state index in [2.05, 4.69) is 30.0 Å². The van der Waals surface area contributed by atoms with Gasteiger partial charge in [0.15, 0.2) is 10.8 Å². The van der Waals surface area contributed by atoms with Crippen molar-refractivity contribution >= 4 is 27.5 Å². The largest absolute Gasteiger partial charge is 0.342 e. The summed E-state index contributed by atoms with van der Waals surface area (Å²) in [6.07, 6.45) is 2.47. The number of hydrogen-bond donors (Lipinski definition) is 1. The normalized spacial score (nSPS) is 24.3. The van der Waals surface area contributed by atoms with Crippen LogP contribution in [0.2, 0.25) is 0 Å². The molecule has 6 rings (SSSR count). The van der Waals surface area contributed by atoms with Gasteiger partial charge in [0.2, 0.25) is 5.13 Å². The summed E-state index contributed by atoms with van der Waals surface area (Å²) >= 11 is 1.65. The van der Waals surface area contributed by atoms with Gasteiger partial charge in [0, 0.05) is 32.2 Å². The lowest BCUT2D eigenvalue weighted by Gasteiger charge is -2.30. The number of rotatable bonds is 2. The van der Waals surface area contributed by atoms with Crippen molar-refractivity contribution in [3.8, 4) is 10.8 Å². The van der Waals surface area contributed by atoms with Crippen LogP contribution in [-0.2, 0) is 0 Å². The van der Waals surface area contributed by atoms with Gasteiger partial charge in [0.05, 0.1) is 11.0 Å². The van der Waals surface area contributed by atoms with Gasteiger partial charge in [0.1, 0.15) is 0 Å². The van der Waals surface area contributed by atoms with E-state index < -0.39 is 0 Å². The van der Waals surface area contributed by atoms with Gasteiger partial charge in [-0.15, -0.1) is 10.2 Å². The number of hydrogen-bond acceptors (Lipinski definition) is 6. The van der Waals surface area contributed by atoms with Crippen LogP contribution < -0.4 is 4.90 Å². The molecule has 0 amide bonds. The third-order valence-corrected chi connectivity index (χ3v) is 5.87. The summed E-state index contributed by atoms with van der Waals surface area (Å²) in [5, 5.41) is 10.8. The van der Waals surface area contributed by atoms with Crippen LogP contribution in [0.5, 0.6) is 0 Å². The van der Waals surface area contributed by atoms with Crippen molar-refractivity contribution in [2.24, 2.45) is 0 Å². The Balaban J connectivity index is 1.47. The number of fused-ring (bicyclic) bond motifs is 5. The van der Waals surface area contributed by atoms with E-state index in [0.29, 0.717) is 6.04 Å². The molecule has 3 fully saturated rings. The van der Waals surface area contributed by atoms with Gasteiger partial charge < -0.3 is 14.8 Å². The minimum absolute atomic E-state index is 0.616. The second-order valence-electron chi connectivity index (χ2n) is 6.26. The number of aromatic amines is 1. The number of H-pyrrole nitrogens is 1. The third kappa shape index (κ3) is 2.31. The number of nitrogens with one attached hydrogen (secondary N) is 1. The van der Waals surface area contributed by atoms with Crippen LogP contribution in [0.3, 0.4) is 0 Å². The molecule has 23 heavy (non-hydrogen) atoms. The zero-order chi connectivity index (χ0) is 15.2. The monoisotopic (exact) mass is 326 g/mol. The molecule has 0 aliphatic carbocycles. The second-order valence-corrected chi connectivity index (χ2v) is 7.21. The standard InChI is InChI=1S/C16H18N6S/c1-2-4-13-12(3-1)17-14(18-13)15-19-20-16(23-15)22-10-9-21-7-5-11(22)6-8-21/h1-4,11H,5-10H2,(H,17,18). The second kappa shape index (κ2) is 5.28. The lowest BCUT2D eigenvalue weighted by Crippen LogP contribution is -2.37. The maximum Gasteiger partial charge on any atom is 0.209 e. The first-order valence-electron chi connectivity index (χ1n) is 8.14. The van der Waals surface area contributed by atoms with Crippen LogP contribution in [0.1, 0.15) is 12.8 Å². The molecular weight excluding hydrogens is 308 g/mol. The third-order valence-electron chi connectivity index (χ3n) is 4.91. The van der Waals surface area contributed by atoms with E-state index in [0.717, 1.165) is 40.1 Å². The van der Waals surface area contributed by atoms with E-state index in [9.17, 15) is 0 Å². The van der Waals surface area contributed by atoms with E-state index in [1.807, 2.05) is 24.3 Å². The average Bonchev–Trinajstić information content (AvgIpc) is 3.14. The van der Waals surface area contributed by atoms with Crippen molar-refractivity contribution in [1.29, 1.82) is 0 Å². The molecule has 0 spiro atoms. The predicted octanol–water partition coefficient (Wildman–Crippen LogP) is 2.37. The SMILES string of the molecule is c1ccc2[nH]c(-c3nnc(N4CCN5CCC4CC5)s3)nc2c1. The minimum atomic E-state index is 0.616. The Morgan fingerprint density at radius 2 is 1.91 bits per heavy atom. The smallest absolute Gasteiger partial charge is 0.209 e. The lowest BCUT2D eigenvalue weighted by molar-refractivity contribution is 0.250. The number of benzene rings is 1. The Labute approximate surface area is 138 Å². The van der Waals surface area contributed by atoms with Crippen molar-refractivity contribution < 1.29 is 0 Å². The van der Waals surface area contributed by atoms with Crippen molar-refractivity contribution in [3.63, 3.8) is 0 Å². The first-order chi connectivity index (χ1) is 11.4. The van der Waals surface area contributed by atoms with Gasteiger partial charge in [-0.1, -0.05) is 23.5 Å². The molecule has 7 heteroatoms. The highest BCUT2D eigenvalue weighted by molar-refractivity contribution is 7.18. The molecule has 2 bridgehead atoms. The fraction of sp³-hybridized carbons (Fsp3) is 0.438. The van der Waals surface area contributed by atoms with Gasteiger partial charge in [-0.2, -0.15) is 0 Å². The lowest BCUT2D eigenvalue weighted by atomic mass is 10.1. The number of aromatic nitrogens is 4. The highest BCUT2D eigenvalue weighted by Crippen LogP contribution is 2.32. The van der Waals surface area contributed by atoms with Gasteiger partial charge in [-0.05, 0) is 25.0 Å². The predicted molar refractivity (Wildman–Crippen MR) is 91.8 cm³/mol. The quantitative estimate of drug-likeness (QED) is 0.783. The number of para-hydroxylation sites is 2. The van der Waals surface area contributed by atoms with Crippen LogP contribution >= 0.6 is 11.3 Å². The first kappa shape index (κ1) is 13.4. The summed E-state index contributed by atoms with van der Waals surface area (Å²) in [5.41, 5.74) is 2.01. The van der Waals surface area contributed by atoms with Crippen molar-refractivity contribution in [2.45, 2.75) is 18.9 Å². The fourth-order valence-electron chi connectivity index (χ4n) is 3.62. The van der Waals surface area contributed by atoms with Gasteiger partial charge in [-0.3, -0.25) is 0 Å². The average molecular weight is 326 g/mol. The highest BCUT2D eigenvalue weighted by Gasteiger charge is 2.31. The van der Waals surface area contributed by atoms with Crippen LogP contribution in [0.15, 0.2) is 24.3 Å². The Kier molecular flexibility index (Phi) is 3.09. The summed E-state index contributed by atoms with van der Waals surface area (Å²) < 4.78 is 0. The summed E-state index contributed by atoms with van der Waals surface area (Å²) in [6, 6.07) is 8.68. The Morgan fingerprint density at radius 1 is 1.04 bits per heavy atom. The summed E-state index contributed by atoms with van der Waals surface area (Å²) in [4.78, 5) is 13.0. The molecule has 1 aromatic carbocycles. The van der Waals surface area contributed by atoms with Crippen LogP contribution in [0.25, 0.3) is 21.9 Å². The molecule has 6 nitrogen and oxygen atoms in total. The Bertz CT molecular complexity index is 799. The van der Waals surface area contributed by atoms with Gasteiger partial charge >= 0.3 is 0 Å². The van der Waals surface area contributed by atoms with E-state index in [-0.39, 0.29) is 0 Å². The van der Waals surface area contributed by atoms with Gasteiger partial charge in [0.25, 0.3) is 0 Å². The van der Waals surface area contributed by atoms with Crippen LogP contribution in [-0.4, -0.2) is 57.3 Å². The molecule has 0 unspecified atom stereocenters. The van der Waals surface area contributed by atoms with Gasteiger partial charge in [-0.25, -0.2) is 4.98 Å². The number of piperidine rings is 1. The van der Waals surface area contributed by atoms with Crippen molar-refractivity contribution in [2.75, 3.05) is 31.1 Å². The molecule has 118 valence electrons. The molecule has 3 saturated heterocycles.